The van der Waals surface area contributed by atoms with Crippen molar-refractivity contribution in [2.45, 2.75) is 32.9 Å². The Morgan fingerprint density at radius 3 is 2.81 bits per heavy atom. The fourth-order valence-electron chi connectivity index (χ4n) is 2.53. The van der Waals surface area contributed by atoms with Crippen LogP contribution in [0, 0.1) is 6.92 Å². The Morgan fingerprint density at radius 1 is 1.26 bits per heavy atom. The van der Waals surface area contributed by atoms with Crippen LogP contribution < -0.4 is 10.1 Å². The van der Waals surface area contributed by atoms with Gasteiger partial charge in [0.2, 0.25) is 11.7 Å². The molecule has 3 rings (SSSR count). The molecule has 0 radical (unpaired) electrons. The predicted octanol–water partition coefficient (Wildman–Crippen LogP) is 4.17. The molecule has 1 atom stereocenters. The van der Waals surface area contributed by atoms with E-state index in [9.17, 15) is 4.79 Å². The number of benzene rings is 2. The molecule has 0 saturated heterocycles. The Bertz CT molecular complexity index is 926. The van der Waals surface area contributed by atoms with E-state index in [0.29, 0.717) is 28.9 Å². The number of halogens is 1. The fourth-order valence-corrected chi connectivity index (χ4v) is 2.71. The molecular weight excluding hydrogens is 366 g/mol. The highest BCUT2D eigenvalue weighted by atomic mass is 35.5. The number of amides is 1. The second-order valence-corrected chi connectivity index (χ2v) is 6.51. The van der Waals surface area contributed by atoms with Gasteiger partial charge in [0.1, 0.15) is 5.75 Å². The maximum atomic E-state index is 12.4. The van der Waals surface area contributed by atoms with Crippen LogP contribution in [0.5, 0.6) is 5.75 Å². The number of carbonyl (C=O) groups is 1. The lowest BCUT2D eigenvalue weighted by Gasteiger charge is -2.16. The number of aromatic nitrogens is 2. The smallest absolute Gasteiger partial charge is 0.261 e. The van der Waals surface area contributed by atoms with Gasteiger partial charge in [0.05, 0.1) is 6.54 Å². The average molecular weight is 386 g/mol. The largest absolute Gasteiger partial charge is 0.481 e. The number of rotatable bonds is 7. The summed E-state index contributed by atoms with van der Waals surface area (Å²) in [6.07, 6.45) is -0.126. The van der Waals surface area contributed by atoms with Crippen molar-refractivity contribution in [1.29, 1.82) is 0 Å². The van der Waals surface area contributed by atoms with Gasteiger partial charge >= 0.3 is 0 Å². The summed E-state index contributed by atoms with van der Waals surface area (Å²) in [5.74, 6) is 1.11. The van der Waals surface area contributed by atoms with E-state index in [1.54, 1.807) is 24.3 Å². The van der Waals surface area contributed by atoms with Gasteiger partial charge in [-0.05, 0) is 37.6 Å². The fraction of sp³-hybridized carbons (Fsp3) is 0.250. The van der Waals surface area contributed by atoms with Gasteiger partial charge in [-0.1, -0.05) is 53.5 Å². The molecule has 0 aliphatic carbocycles. The topological polar surface area (TPSA) is 77.2 Å². The minimum atomic E-state index is -0.636. The summed E-state index contributed by atoms with van der Waals surface area (Å²) in [7, 11) is 0. The van der Waals surface area contributed by atoms with E-state index in [4.69, 9.17) is 20.9 Å². The quantitative estimate of drug-likeness (QED) is 0.660. The number of nitrogens with zero attached hydrogens (tertiary/aromatic N) is 2. The molecule has 1 aromatic heterocycles. The zero-order chi connectivity index (χ0) is 19.2. The lowest BCUT2D eigenvalue weighted by molar-refractivity contribution is -0.128. The third-order valence-electron chi connectivity index (χ3n) is 3.90. The number of hydrogen-bond acceptors (Lipinski definition) is 5. The normalized spacial score (nSPS) is 11.8. The van der Waals surface area contributed by atoms with Crippen LogP contribution in [0.2, 0.25) is 5.02 Å². The van der Waals surface area contributed by atoms with Crippen LogP contribution in [-0.2, 0) is 11.3 Å². The monoisotopic (exact) mass is 385 g/mol. The van der Waals surface area contributed by atoms with Crippen molar-refractivity contribution in [3.05, 3.63) is 65.0 Å². The summed E-state index contributed by atoms with van der Waals surface area (Å²) in [6, 6.07) is 14.8. The van der Waals surface area contributed by atoms with E-state index in [2.05, 4.69) is 15.5 Å². The molecule has 3 aromatic rings. The standard InChI is InChI=1S/C20H20ClN3O3/c1-3-17(26-16-9-5-8-15(21)11-16)20(25)22-12-18-23-19(24-27-18)14-7-4-6-13(2)10-14/h4-11,17H,3,12H2,1-2H3,(H,22,25). The van der Waals surface area contributed by atoms with E-state index < -0.39 is 6.10 Å². The molecule has 0 aliphatic rings. The van der Waals surface area contributed by atoms with Crippen molar-refractivity contribution in [3.8, 4) is 17.1 Å². The summed E-state index contributed by atoms with van der Waals surface area (Å²) < 4.78 is 10.9. The van der Waals surface area contributed by atoms with E-state index in [1.807, 2.05) is 38.1 Å². The minimum absolute atomic E-state index is 0.132. The van der Waals surface area contributed by atoms with Crippen molar-refractivity contribution in [2.24, 2.45) is 0 Å². The summed E-state index contributed by atoms with van der Waals surface area (Å²) >= 11 is 5.95. The van der Waals surface area contributed by atoms with Crippen molar-refractivity contribution in [3.63, 3.8) is 0 Å². The molecule has 0 spiro atoms. The number of hydrogen-bond donors (Lipinski definition) is 1. The maximum Gasteiger partial charge on any atom is 0.261 e. The first-order valence-corrected chi connectivity index (χ1v) is 9.02. The van der Waals surface area contributed by atoms with Gasteiger partial charge in [-0.15, -0.1) is 0 Å². The average Bonchev–Trinajstić information content (AvgIpc) is 3.13. The van der Waals surface area contributed by atoms with Crippen LogP contribution in [0.1, 0.15) is 24.8 Å². The lowest BCUT2D eigenvalue weighted by Crippen LogP contribution is -2.37. The van der Waals surface area contributed by atoms with E-state index >= 15 is 0 Å². The Kier molecular flexibility index (Phi) is 6.08. The SMILES string of the molecule is CCC(Oc1cccc(Cl)c1)C(=O)NCc1nc(-c2cccc(C)c2)no1. The molecule has 1 unspecified atom stereocenters. The molecule has 7 heteroatoms. The molecule has 0 saturated carbocycles. The predicted molar refractivity (Wildman–Crippen MR) is 102 cm³/mol. The minimum Gasteiger partial charge on any atom is -0.481 e. The van der Waals surface area contributed by atoms with Gasteiger partial charge in [0, 0.05) is 10.6 Å². The van der Waals surface area contributed by atoms with Crippen LogP contribution in [0.15, 0.2) is 53.1 Å². The van der Waals surface area contributed by atoms with E-state index in [1.165, 1.54) is 0 Å². The van der Waals surface area contributed by atoms with Crippen LogP contribution in [0.3, 0.4) is 0 Å². The van der Waals surface area contributed by atoms with E-state index in [0.717, 1.165) is 11.1 Å². The molecule has 0 fully saturated rings. The van der Waals surface area contributed by atoms with Crippen LogP contribution >= 0.6 is 11.6 Å². The van der Waals surface area contributed by atoms with Crippen molar-refractivity contribution in [1.82, 2.24) is 15.5 Å². The number of aryl methyl sites for hydroxylation is 1. The molecule has 27 heavy (non-hydrogen) atoms. The summed E-state index contributed by atoms with van der Waals surface area (Å²) in [5.41, 5.74) is 1.98. The van der Waals surface area contributed by atoms with Crippen molar-refractivity contribution >= 4 is 17.5 Å². The Morgan fingerprint density at radius 2 is 2.07 bits per heavy atom. The van der Waals surface area contributed by atoms with Crippen molar-refractivity contribution < 1.29 is 14.1 Å². The third-order valence-corrected chi connectivity index (χ3v) is 4.13. The highest BCUT2D eigenvalue weighted by molar-refractivity contribution is 6.30. The van der Waals surface area contributed by atoms with E-state index in [-0.39, 0.29) is 12.5 Å². The maximum absolute atomic E-state index is 12.4. The number of carbonyl (C=O) groups excluding carboxylic acids is 1. The van der Waals surface area contributed by atoms with Gasteiger partial charge < -0.3 is 14.6 Å². The summed E-state index contributed by atoms with van der Waals surface area (Å²) in [6.45, 7) is 4.00. The van der Waals surface area contributed by atoms with Crippen LogP contribution in [0.4, 0.5) is 0 Å². The molecule has 1 N–H and O–H groups in total. The summed E-state index contributed by atoms with van der Waals surface area (Å²) in [5, 5.41) is 7.29. The second-order valence-electron chi connectivity index (χ2n) is 6.07. The van der Waals surface area contributed by atoms with Crippen LogP contribution in [0.25, 0.3) is 11.4 Å². The zero-order valence-electron chi connectivity index (χ0n) is 15.1. The molecule has 0 bridgehead atoms. The summed E-state index contributed by atoms with van der Waals surface area (Å²) in [4.78, 5) is 16.7. The molecule has 6 nitrogen and oxygen atoms in total. The first-order chi connectivity index (χ1) is 13.0. The Balaban J connectivity index is 1.59. The molecule has 0 aliphatic heterocycles. The Labute approximate surface area is 162 Å². The first-order valence-electron chi connectivity index (χ1n) is 8.64. The van der Waals surface area contributed by atoms with Gasteiger partial charge in [-0.3, -0.25) is 4.79 Å². The van der Waals surface area contributed by atoms with Crippen molar-refractivity contribution in [2.75, 3.05) is 0 Å². The Hall–Kier alpha value is -2.86. The molecular formula is C20H20ClN3O3. The molecule has 1 heterocycles. The molecule has 2 aromatic carbocycles. The zero-order valence-corrected chi connectivity index (χ0v) is 15.9. The van der Waals surface area contributed by atoms with Crippen LogP contribution in [-0.4, -0.2) is 22.2 Å². The molecule has 140 valence electrons. The number of nitrogens with one attached hydrogen (secondary N) is 1. The third kappa shape index (κ3) is 5.08. The molecule has 1 amide bonds. The van der Waals surface area contributed by atoms with Gasteiger partial charge in [0.15, 0.2) is 6.10 Å². The van der Waals surface area contributed by atoms with Gasteiger partial charge in [0.25, 0.3) is 5.91 Å². The van der Waals surface area contributed by atoms with Gasteiger partial charge in [-0.2, -0.15) is 4.98 Å². The highest BCUT2D eigenvalue weighted by Crippen LogP contribution is 2.19. The lowest BCUT2D eigenvalue weighted by atomic mass is 10.1. The second kappa shape index (κ2) is 8.68. The highest BCUT2D eigenvalue weighted by Gasteiger charge is 2.19. The first kappa shape index (κ1) is 18.9. The van der Waals surface area contributed by atoms with Gasteiger partial charge in [-0.25, -0.2) is 0 Å². The number of ether oxygens (including phenoxy) is 1.